The Balaban J connectivity index is 3.02. The van der Waals surface area contributed by atoms with E-state index in [2.05, 4.69) is 56.9 Å². The Labute approximate surface area is 113 Å². The van der Waals surface area contributed by atoms with Crippen LogP contribution in [0.5, 0.6) is 0 Å². The molecule has 1 atom stereocenters. The molecule has 0 radical (unpaired) electrons. The van der Waals surface area contributed by atoms with Crippen LogP contribution in [0.3, 0.4) is 0 Å². The first-order valence-electron chi connectivity index (χ1n) is 5.37. The predicted octanol–water partition coefficient (Wildman–Crippen LogP) is 3.31. The van der Waals surface area contributed by atoms with Gasteiger partial charge in [-0.05, 0) is 29.3 Å². The van der Waals surface area contributed by atoms with Gasteiger partial charge in [0.25, 0.3) is 0 Å². The molecular formula is C11H15Br2N3. The van der Waals surface area contributed by atoms with E-state index in [9.17, 15) is 0 Å². The summed E-state index contributed by atoms with van der Waals surface area (Å²) in [6.45, 7) is 5.00. The van der Waals surface area contributed by atoms with Crippen molar-refractivity contribution in [2.45, 2.75) is 33.2 Å². The Kier molecular flexibility index (Phi) is 5.50. The SMILES string of the molecule is CCc1nn(CC)c(CC(C#N)CBr)c1Br. The molecule has 3 nitrogen and oxygen atoms in total. The number of aryl methyl sites for hydroxylation is 2. The van der Waals surface area contributed by atoms with E-state index in [0.717, 1.165) is 35.2 Å². The highest BCUT2D eigenvalue weighted by atomic mass is 79.9. The summed E-state index contributed by atoms with van der Waals surface area (Å²) >= 11 is 6.94. The van der Waals surface area contributed by atoms with Crippen LogP contribution in [0, 0.1) is 17.2 Å². The maximum atomic E-state index is 8.98. The molecule has 16 heavy (non-hydrogen) atoms. The molecule has 0 aliphatic heterocycles. The summed E-state index contributed by atoms with van der Waals surface area (Å²) in [7, 11) is 0. The Morgan fingerprint density at radius 1 is 1.50 bits per heavy atom. The van der Waals surface area contributed by atoms with Crippen molar-refractivity contribution in [2.24, 2.45) is 5.92 Å². The monoisotopic (exact) mass is 347 g/mol. The highest BCUT2D eigenvalue weighted by Gasteiger charge is 2.17. The third-order valence-electron chi connectivity index (χ3n) is 2.50. The second-order valence-corrected chi connectivity index (χ2v) is 5.00. The second-order valence-electron chi connectivity index (χ2n) is 3.56. The molecule has 1 unspecified atom stereocenters. The molecule has 88 valence electrons. The molecule has 1 aromatic rings. The molecule has 0 aromatic carbocycles. The van der Waals surface area contributed by atoms with Crippen LogP contribution in [0.1, 0.15) is 25.2 Å². The van der Waals surface area contributed by atoms with Crippen molar-refractivity contribution in [3.63, 3.8) is 0 Å². The van der Waals surface area contributed by atoms with Crippen molar-refractivity contribution >= 4 is 31.9 Å². The van der Waals surface area contributed by atoms with Gasteiger partial charge < -0.3 is 0 Å². The molecule has 1 aromatic heterocycles. The summed E-state index contributed by atoms with van der Waals surface area (Å²) in [5.41, 5.74) is 2.20. The van der Waals surface area contributed by atoms with Crippen LogP contribution in [0.4, 0.5) is 0 Å². The smallest absolute Gasteiger partial charge is 0.0766 e. The number of hydrogen-bond acceptors (Lipinski definition) is 2. The molecule has 0 aliphatic rings. The van der Waals surface area contributed by atoms with E-state index in [0.29, 0.717) is 5.33 Å². The van der Waals surface area contributed by atoms with Crippen LogP contribution >= 0.6 is 31.9 Å². The van der Waals surface area contributed by atoms with Gasteiger partial charge in [0.1, 0.15) is 0 Å². The standard InChI is InChI=1S/C11H15Br2N3/c1-3-9-11(13)10(16(4-2)15-9)5-8(6-12)7-14/h8H,3-6H2,1-2H3. The lowest BCUT2D eigenvalue weighted by Crippen LogP contribution is -2.10. The average molecular weight is 349 g/mol. The lowest BCUT2D eigenvalue weighted by atomic mass is 10.1. The maximum absolute atomic E-state index is 8.98. The molecule has 0 amide bonds. The summed E-state index contributed by atoms with van der Waals surface area (Å²) in [6, 6.07) is 2.30. The number of rotatable bonds is 5. The van der Waals surface area contributed by atoms with Crippen LogP contribution < -0.4 is 0 Å². The zero-order valence-corrected chi connectivity index (χ0v) is 12.7. The first-order valence-corrected chi connectivity index (χ1v) is 7.28. The van der Waals surface area contributed by atoms with Crippen molar-refractivity contribution in [3.05, 3.63) is 15.9 Å². The van der Waals surface area contributed by atoms with E-state index in [1.807, 2.05) is 4.68 Å². The number of hydrogen-bond donors (Lipinski definition) is 0. The van der Waals surface area contributed by atoms with Crippen LogP contribution in [-0.2, 0) is 19.4 Å². The fraction of sp³-hybridized carbons (Fsp3) is 0.636. The minimum Gasteiger partial charge on any atom is -0.268 e. The Morgan fingerprint density at radius 3 is 2.62 bits per heavy atom. The predicted molar refractivity (Wildman–Crippen MR) is 71.6 cm³/mol. The molecule has 0 bridgehead atoms. The van der Waals surface area contributed by atoms with Crippen LogP contribution in [0.25, 0.3) is 0 Å². The van der Waals surface area contributed by atoms with Crippen molar-refractivity contribution in [2.75, 3.05) is 5.33 Å². The quantitative estimate of drug-likeness (QED) is 0.766. The van der Waals surface area contributed by atoms with Crippen molar-refractivity contribution in [1.82, 2.24) is 9.78 Å². The van der Waals surface area contributed by atoms with Crippen molar-refractivity contribution in [1.29, 1.82) is 5.26 Å². The zero-order chi connectivity index (χ0) is 12.1. The molecule has 1 heterocycles. The van der Waals surface area contributed by atoms with Crippen LogP contribution in [-0.4, -0.2) is 15.1 Å². The van der Waals surface area contributed by atoms with Gasteiger partial charge >= 0.3 is 0 Å². The van der Waals surface area contributed by atoms with Crippen LogP contribution in [0.15, 0.2) is 4.47 Å². The topological polar surface area (TPSA) is 41.6 Å². The molecule has 0 aliphatic carbocycles. The van der Waals surface area contributed by atoms with Gasteiger partial charge in [-0.2, -0.15) is 10.4 Å². The highest BCUT2D eigenvalue weighted by Crippen LogP contribution is 2.25. The van der Waals surface area contributed by atoms with Gasteiger partial charge in [-0.15, -0.1) is 0 Å². The minimum atomic E-state index is 0.00278. The van der Waals surface area contributed by atoms with Crippen molar-refractivity contribution in [3.8, 4) is 6.07 Å². The summed E-state index contributed by atoms with van der Waals surface area (Å²) in [4.78, 5) is 0. The number of nitriles is 1. The van der Waals surface area contributed by atoms with Gasteiger partial charge in [-0.3, -0.25) is 4.68 Å². The number of alkyl halides is 1. The number of halogens is 2. The highest BCUT2D eigenvalue weighted by molar-refractivity contribution is 9.10. The maximum Gasteiger partial charge on any atom is 0.0766 e. The van der Waals surface area contributed by atoms with Gasteiger partial charge in [-0.25, -0.2) is 0 Å². The zero-order valence-electron chi connectivity index (χ0n) is 9.50. The average Bonchev–Trinajstić information content (AvgIpc) is 2.62. The third-order valence-corrected chi connectivity index (χ3v) is 4.20. The van der Waals surface area contributed by atoms with Gasteiger partial charge in [0.05, 0.1) is 27.8 Å². The molecule has 0 saturated carbocycles. The van der Waals surface area contributed by atoms with Crippen LogP contribution in [0.2, 0.25) is 0 Å². The number of nitrogens with zero attached hydrogens (tertiary/aromatic N) is 3. The summed E-state index contributed by atoms with van der Waals surface area (Å²) in [5.74, 6) is 0.00278. The lowest BCUT2D eigenvalue weighted by molar-refractivity contribution is 0.589. The molecule has 1 rings (SSSR count). The van der Waals surface area contributed by atoms with Gasteiger partial charge in [0, 0.05) is 18.3 Å². The molecular weight excluding hydrogens is 334 g/mol. The molecule has 0 saturated heterocycles. The van der Waals surface area contributed by atoms with Crippen molar-refractivity contribution < 1.29 is 0 Å². The normalized spacial score (nSPS) is 12.4. The Bertz CT molecular complexity index is 393. The van der Waals surface area contributed by atoms with E-state index < -0.39 is 0 Å². The second kappa shape index (κ2) is 6.41. The van der Waals surface area contributed by atoms with E-state index >= 15 is 0 Å². The summed E-state index contributed by atoms with van der Waals surface area (Å²) in [6.07, 6.45) is 1.65. The van der Waals surface area contributed by atoms with E-state index in [1.165, 1.54) is 0 Å². The molecule has 0 fully saturated rings. The molecule has 0 N–H and O–H groups in total. The summed E-state index contributed by atoms with van der Waals surface area (Å²) in [5, 5.41) is 14.2. The molecule has 0 spiro atoms. The van der Waals surface area contributed by atoms with E-state index in [4.69, 9.17) is 5.26 Å². The molecule has 5 heteroatoms. The third kappa shape index (κ3) is 2.86. The first kappa shape index (κ1) is 13.7. The number of aromatic nitrogens is 2. The lowest BCUT2D eigenvalue weighted by Gasteiger charge is -2.07. The Hall–Kier alpha value is -0.340. The van der Waals surface area contributed by atoms with E-state index in [1.54, 1.807) is 0 Å². The fourth-order valence-corrected chi connectivity index (χ4v) is 2.68. The largest absolute Gasteiger partial charge is 0.268 e. The summed E-state index contributed by atoms with van der Waals surface area (Å²) < 4.78 is 3.05. The fourth-order valence-electron chi connectivity index (χ4n) is 1.58. The first-order chi connectivity index (χ1) is 7.67. The van der Waals surface area contributed by atoms with Gasteiger partial charge in [-0.1, -0.05) is 22.9 Å². The van der Waals surface area contributed by atoms with Gasteiger partial charge in [0.15, 0.2) is 0 Å². The Morgan fingerprint density at radius 2 is 2.19 bits per heavy atom. The van der Waals surface area contributed by atoms with Gasteiger partial charge in [0.2, 0.25) is 0 Å². The van der Waals surface area contributed by atoms with E-state index in [-0.39, 0.29) is 5.92 Å². The minimum absolute atomic E-state index is 0.00278.